The maximum atomic E-state index is 13.2. The third kappa shape index (κ3) is 2.42. The number of anilines is 1. The molecule has 0 saturated carbocycles. The van der Waals surface area contributed by atoms with Crippen molar-refractivity contribution >= 4 is 5.69 Å². The molecular weight excluding hydrogens is 221 g/mol. The molecule has 0 amide bonds. The van der Waals surface area contributed by atoms with Gasteiger partial charge in [-0.25, -0.2) is 4.39 Å². The molecule has 1 aromatic carbocycles. The minimum absolute atomic E-state index is 0.123. The predicted molar refractivity (Wildman–Crippen MR) is 64.7 cm³/mol. The van der Waals surface area contributed by atoms with Crippen molar-refractivity contribution in [3.8, 4) is 0 Å². The largest absolute Gasteiger partial charge is 0.396 e. The Morgan fingerprint density at radius 1 is 1.47 bits per heavy atom. The summed E-state index contributed by atoms with van der Waals surface area (Å²) in [6, 6.07) is 5.05. The Hall–Kier alpha value is -1.13. The summed E-state index contributed by atoms with van der Waals surface area (Å²) >= 11 is 0. The molecule has 17 heavy (non-hydrogen) atoms. The zero-order chi connectivity index (χ0) is 12.5. The van der Waals surface area contributed by atoms with Crippen LogP contribution < -0.4 is 4.90 Å². The van der Waals surface area contributed by atoms with Gasteiger partial charge in [-0.3, -0.25) is 0 Å². The van der Waals surface area contributed by atoms with Gasteiger partial charge < -0.3 is 14.7 Å². The molecule has 0 unspecified atom stereocenters. The van der Waals surface area contributed by atoms with Crippen LogP contribution in [0.1, 0.15) is 5.56 Å². The second-order valence-electron chi connectivity index (χ2n) is 4.94. The number of rotatable bonds is 4. The number of aliphatic hydroxyl groups excluding tert-OH is 1. The van der Waals surface area contributed by atoms with Crippen LogP contribution in [0.4, 0.5) is 10.1 Å². The first kappa shape index (κ1) is 12.3. The Morgan fingerprint density at radius 3 is 2.65 bits per heavy atom. The Morgan fingerprint density at radius 2 is 2.18 bits per heavy atom. The summed E-state index contributed by atoms with van der Waals surface area (Å²) in [6.07, 6.45) is 0. The zero-order valence-corrected chi connectivity index (χ0v) is 10.2. The number of ether oxygens (including phenoxy) is 1. The van der Waals surface area contributed by atoms with E-state index in [4.69, 9.17) is 4.74 Å². The standard InChI is InChI=1S/C13H18FNO2/c1-10-5-11(3-4-12(10)14)15(2)6-13(7-16)8-17-9-13/h3-5,16H,6-9H2,1-2H3. The van der Waals surface area contributed by atoms with E-state index in [1.807, 2.05) is 18.0 Å². The molecule has 0 aliphatic carbocycles. The third-order valence-electron chi connectivity index (χ3n) is 3.31. The predicted octanol–water partition coefficient (Wildman–Crippen LogP) is 1.58. The summed E-state index contributed by atoms with van der Waals surface area (Å²) in [5, 5.41) is 9.36. The van der Waals surface area contributed by atoms with Crippen LogP contribution in [-0.4, -0.2) is 38.5 Å². The van der Waals surface area contributed by atoms with Gasteiger partial charge in [0, 0.05) is 19.3 Å². The highest BCUT2D eigenvalue weighted by Crippen LogP contribution is 2.29. The van der Waals surface area contributed by atoms with Crippen LogP contribution in [0, 0.1) is 18.2 Å². The van der Waals surface area contributed by atoms with E-state index >= 15 is 0 Å². The van der Waals surface area contributed by atoms with Gasteiger partial charge >= 0.3 is 0 Å². The molecule has 1 heterocycles. The monoisotopic (exact) mass is 239 g/mol. The quantitative estimate of drug-likeness (QED) is 0.866. The molecule has 1 aromatic rings. The molecule has 3 nitrogen and oxygen atoms in total. The summed E-state index contributed by atoms with van der Waals surface area (Å²) < 4.78 is 18.3. The molecule has 1 fully saturated rings. The molecular formula is C13H18FNO2. The number of nitrogens with zero attached hydrogens (tertiary/aromatic N) is 1. The first-order chi connectivity index (χ1) is 8.06. The van der Waals surface area contributed by atoms with Crippen LogP contribution in [0.3, 0.4) is 0 Å². The zero-order valence-electron chi connectivity index (χ0n) is 10.2. The summed E-state index contributed by atoms with van der Waals surface area (Å²) in [6.45, 7) is 3.77. The second-order valence-corrected chi connectivity index (χ2v) is 4.94. The first-order valence-electron chi connectivity index (χ1n) is 5.72. The van der Waals surface area contributed by atoms with E-state index in [9.17, 15) is 9.50 Å². The molecule has 1 saturated heterocycles. The number of hydrogen-bond acceptors (Lipinski definition) is 3. The van der Waals surface area contributed by atoms with Crippen LogP contribution in [-0.2, 0) is 4.74 Å². The highest BCUT2D eigenvalue weighted by atomic mass is 19.1. The van der Waals surface area contributed by atoms with Crippen LogP contribution in [0.2, 0.25) is 0 Å². The van der Waals surface area contributed by atoms with Crippen molar-refractivity contribution in [1.82, 2.24) is 0 Å². The molecule has 0 aromatic heterocycles. The van der Waals surface area contributed by atoms with Gasteiger partial charge in [0.05, 0.1) is 25.2 Å². The van der Waals surface area contributed by atoms with Crippen molar-refractivity contribution in [2.45, 2.75) is 6.92 Å². The number of hydrogen-bond donors (Lipinski definition) is 1. The smallest absolute Gasteiger partial charge is 0.126 e. The van der Waals surface area contributed by atoms with E-state index in [1.54, 1.807) is 13.0 Å². The number of halogens is 1. The van der Waals surface area contributed by atoms with Gasteiger partial charge in [-0.15, -0.1) is 0 Å². The molecule has 0 spiro atoms. The lowest BCUT2D eigenvalue weighted by Crippen LogP contribution is -2.52. The maximum Gasteiger partial charge on any atom is 0.126 e. The summed E-state index contributed by atoms with van der Waals surface area (Å²) in [5.41, 5.74) is 1.44. The van der Waals surface area contributed by atoms with Gasteiger partial charge in [-0.2, -0.15) is 0 Å². The van der Waals surface area contributed by atoms with E-state index in [1.165, 1.54) is 6.07 Å². The molecule has 2 rings (SSSR count). The summed E-state index contributed by atoms with van der Waals surface area (Å²) in [5.74, 6) is -0.189. The fraction of sp³-hybridized carbons (Fsp3) is 0.538. The van der Waals surface area contributed by atoms with Crippen LogP contribution in [0.15, 0.2) is 18.2 Å². The molecule has 0 radical (unpaired) electrons. The lowest BCUT2D eigenvalue weighted by Gasteiger charge is -2.42. The summed E-state index contributed by atoms with van der Waals surface area (Å²) in [4.78, 5) is 2.03. The highest BCUT2D eigenvalue weighted by molar-refractivity contribution is 5.48. The lowest BCUT2D eigenvalue weighted by molar-refractivity contribution is -0.130. The van der Waals surface area contributed by atoms with Crippen molar-refractivity contribution in [3.05, 3.63) is 29.6 Å². The van der Waals surface area contributed by atoms with E-state index in [0.29, 0.717) is 25.3 Å². The fourth-order valence-corrected chi connectivity index (χ4v) is 2.08. The second kappa shape index (κ2) is 4.63. The Bertz CT molecular complexity index is 399. The van der Waals surface area contributed by atoms with E-state index in [-0.39, 0.29) is 17.8 Å². The third-order valence-corrected chi connectivity index (χ3v) is 3.31. The van der Waals surface area contributed by atoms with Gasteiger partial charge in [0.25, 0.3) is 0 Å². The van der Waals surface area contributed by atoms with Gasteiger partial charge in [0.1, 0.15) is 5.82 Å². The molecule has 0 atom stereocenters. The van der Waals surface area contributed by atoms with Crippen molar-refractivity contribution in [3.63, 3.8) is 0 Å². The Balaban J connectivity index is 2.08. The topological polar surface area (TPSA) is 32.7 Å². The van der Waals surface area contributed by atoms with Gasteiger partial charge in [0.15, 0.2) is 0 Å². The maximum absolute atomic E-state index is 13.2. The number of aryl methyl sites for hydroxylation is 1. The molecule has 4 heteroatoms. The van der Waals surface area contributed by atoms with E-state index in [0.717, 1.165) is 5.69 Å². The normalized spacial score (nSPS) is 17.6. The molecule has 94 valence electrons. The van der Waals surface area contributed by atoms with E-state index in [2.05, 4.69) is 0 Å². The van der Waals surface area contributed by atoms with Crippen molar-refractivity contribution in [1.29, 1.82) is 0 Å². The van der Waals surface area contributed by atoms with Crippen molar-refractivity contribution in [2.24, 2.45) is 5.41 Å². The summed E-state index contributed by atoms with van der Waals surface area (Å²) in [7, 11) is 1.95. The van der Waals surface area contributed by atoms with Gasteiger partial charge in [-0.1, -0.05) is 0 Å². The van der Waals surface area contributed by atoms with Crippen molar-refractivity contribution < 1.29 is 14.2 Å². The first-order valence-corrected chi connectivity index (χ1v) is 5.72. The van der Waals surface area contributed by atoms with Gasteiger partial charge in [0.2, 0.25) is 0 Å². The average Bonchev–Trinajstić information content (AvgIpc) is 2.27. The number of aliphatic hydroxyl groups is 1. The average molecular weight is 239 g/mol. The fourth-order valence-electron chi connectivity index (χ4n) is 2.08. The van der Waals surface area contributed by atoms with Crippen LogP contribution in [0.25, 0.3) is 0 Å². The minimum Gasteiger partial charge on any atom is -0.396 e. The molecule has 0 bridgehead atoms. The van der Waals surface area contributed by atoms with Crippen LogP contribution in [0.5, 0.6) is 0 Å². The molecule has 1 N–H and O–H groups in total. The van der Waals surface area contributed by atoms with Crippen LogP contribution >= 0.6 is 0 Å². The molecule has 1 aliphatic heterocycles. The van der Waals surface area contributed by atoms with Gasteiger partial charge in [-0.05, 0) is 30.7 Å². The van der Waals surface area contributed by atoms with Crippen molar-refractivity contribution in [2.75, 3.05) is 38.3 Å². The number of benzene rings is 1. The molecule has 1 aliphatic rings. The SMILES string of the molecule is Cc1cc(N(C)CC2(CO)COC2)ccc1F. The lowest BCUT2D eigenvalue weighted by atomic mass is 9.86. The minimum atomic E-state index is -0.189. The van der Waals surface area contributed by atoms with E-state index < -0.39 is 0 Å². The Kier molecular flexibility index (Phi) is 3.35. The highest BCUT2D eigenvalue weighted by Gasteiger charge is 2.39. The Labute approximate surface area is 101 Å².